The normalized spacial score (nSPS) is 10.2. The zero-order valence-electron chi connectivity index (χ0n) is 9.16. The zero-order valence-corrected chi connectivity index (χ0v) is 9.91. The van der Waals surface area contributed by atoms with Crippen LogP contribution in [0.1, 0.15) is 15.9 Å². The molecule has 1 aromatic heterocycles. The monoisotopic (exact) mass is 250 g/mol. The number of carbonyl (C=O) groups is 1. The van der Waals surface area contributed by atoms with E-state index in [1.807, 2.05) is 13.0 Å². The van der Waals surface area contributed by atoms with E-state index in [4.69, 9.17) is 21.8 Å². The number of aryl methyl sites for hydroxylation is 1. The van der Waals surface area contributed by atoms with Crippen molar-refractivity contribution in [3.8, 4) is 0 Å². The fourth-order valence-corrected chi connectivity index (χ4v) is 1.62. The van der Waals surface area contributed by atoms with Gasteiger partial charge in [0.1, 0.15) is 0 Å². The van der Waals surface area contributed by atoms with Crippen LogP contribution < -0.4 is 11.1 Å². The number of amides is 1. The maximum atomic E-state index is 11.9. The first-order valence-corrected chi connectivity index (χ1v) is 5.36. The number of benzene rings is 1. The molecule has 0 aliphatic heterocycles. The van der Waals surface area contributed by atoms with Gasteiger partial charge in [0.05, 0.1) is 11.8 Å². The van der Waals surface area contributed by atoms with Crippen molar-refractivity contribution >= 4 is 28.9 Å². The summed E-state index contributed by atoms with van der Waals surface area (Å²) in [5.41, 5.74) is 8.13. The smallest absolute Gasteiger partial charge is 0.260 e. The van der Waals surface area contributed by atoms with Gasteiger partial charge in [0.2, 0.25) is 5.22 Å². The third-order valence-electron chi connectivity index (χ3n) is 2.37. The van der Waals surface area contributed by atoms with Gasteiger partial charge in [-0.3, -0.25) is 4.79 Å². The largest absolute Gasteiger partial charge is 0.452 e. The predicted molar refractivity (Wildman–Crippen MR) is 67.3 cm³/mol. The Morgan fingerprint density at radius 2 is 2.18 bits per heavy atom. The molecule has 0 aliphatic carbocycles. The molecule has 0 unspecified atom stereocenters. The summed E-state index contributed by atoms with van der Waals surface area (Å²) in [4.78, 5) is 11.9. The van der Waals surface area contributed by atoms with E-state index in [2.05, 4.69) is 5.32 Å². The molecule has 2 aromatic rings. The van der Waals surface area contributed by atoms with Crippen LogP contribution in [-0.4, -0.2) is 5.91 Å². The highest BCUT2D eigenvalue weighted by atomic mass is 35.5. The van der Waals surface area contributed by atoms with Gasteiger partial charge in [-0.05, 0) is 42.3 Å². The van der Waals surface area contributed by atoms with E-state index in [0.717, 1.165) is 5.56 Å². The fraction of sp³-hybridized carbons (Fsp3) is 0.0833. The van der Waals surface area contributed by atoms with E-state index in [1.165, 1.54) is 12.3 Å². The van der Waals surface area contributed by atoms with Crippen LogP contribution in [0.2, 0.25) is 5.22 Å². The van der Waals surface area contributed by atoms with E-state index in [9.17, 15) is 4.79 Å². The lowest BCUT2D eigenvalue weighted by Crippen LogP contribution is -2.12. The van der Waals surface area contributed by atoms with Gasteiger partial charge in [-0.25, -0.2) is 0 Å². The van der Waals surface area contributed by atoms with Crippen molar-refractivity contribution in [1.82, 2.24) is 0 Å². The number of nitrogens with two attached hydrogens (primary N) is 1. The van der Waals surface area contributed by atoms with Crippen LogP contribution in [0, 0.1) is 6.92 Å². The first kappa shape index (κ1) is 11.5. The molecular formula is C12H11ClN2O2. The number of hydrogen-bond acceptors (Lipinski definition) is 3. The molecule has 1 amide bonds. The number of furan rings is 1. The molecule has 17 heavy (non-hydrogen) atoms. The molecule has 0 aliphatic rings. The van der Waals surface area contributed by atoms with Crippen molar-refractivity contribution in [3.63, 3.8) is 0 Å². The Morgan fingerprint density at radius 3 is 2.82 bits per heavy atom. The van der Waals surface area contributed by atoms with E-state index in [-0.39, 0.29) is 11.1 Å². The Labute approximate surface area is 103 Å². The average molecular weight is 251 g/mol. The Kier molecular flexibility index (Phi) is 3.06. The highest BCUT2D eigenvalue weighted by molar-refractivity contribution is 6.32. The standard InChI is InChI=1S/C12H11ClN2O2/c1-7-2-3-8(14)6-10(7)15-12(16)9-4-5-17-11(9)13/h2-6H,14H2,1H3,(H,15,16). The van der Waals surface area contributed by atoms with Gasteiger partial charge in [0.15, 0.2) is 0 Å². The molecule has 4 nitrogen and oxygen atoms in total. The van der Waals surface area contributed by atoms with Gasteiger partial charge < -0.3 is 15.5 Å². The van der Waals surface area contributed by atoms with Crippen LogP contribution in [0.4, 0.5) is 11.4 Å². The molecule has 0 spiro atoms. The minimum absolute atomic E-state index is 0.0732. The number of carbonyl (C=O) groups excluding carboxylic acids is 1. The lowest BCUT2D eigenvalue weighted by atomic mass is 10.1. The quantitative estimate of drug-likeness (QED) is 0.805. The highest BCUT2D eigenvalue weighted by Crippen LogP contribution is 2.21. The predicted octanol–water partition coefficient (Wildman–Crippen LogP) is 3.08. The Bertz CT molecular complexity index is 563. The summed E-state index contributed by atoms with van der Waals surface area (Å²) in [5.74, 6) is -0.322. The van der Waals surface area contributed by atoms with Crippen LogP contribution >= 0.6 is 11.6 Å². The van der Waals surface area contributed by atoms with Gasteiger partial charge in [-0.15, -0.1) is 0 Å². The van der Waals surface area contributed by atoms with Crippen molar-refractivity contribution in [2.75, 3.05) is 11.1 Å². The summed E-state index contributed by atoms with van der Waals surface area (Å²) in [6.45, 7) is 1.88. The van der Waals surface area contributed by atoms with Crippen molar-refractivity contribution in [2.45, 2.75) is 6.92 Å². The summed E-state index contributed by atoms with van der Waals surface area (Å²) in [5, 5.41) is 2.80. The minimum atomic E-state index is -0.322. The number of anilines is 2. The molecule has 0 saturated heterocycles. The van der Waals surface area contributed by atoms with Gasteiger partial charge >= 0.3 is 0 Å². The minimum Gasteiger partial charge on any atom is -0.452 e. The summed E-state index contributed by atoms with van der Waals surface area (Å²) in [6.07, 6.45) is 1.36. The molecule has 1 heterocycles. The second kappa shape index (κ2) is 4.51. The van der Waals surface area contributed by atoms with E-state index >= 15 is 0 Å². The molecule has 0 fully saturated rings. The van der Waals surface area contributed by atoms with Gasteiger partial charge in [-0.2, -0.15) is 0 Å². The number of hydrogen-bond donors (Lipinski definition) is 2. The topological polar surface area (TPSA) is 68.3 Å². The molecular weight excluding hydrogens is 240 g/mol. The summed E-state index contributed by atoms with van der Waals surface area (Å²) in [6, 6.07) is 6.82. The summed E-state index contributed by atoms with van der Waals surface area (Å²) >= 11 is 5.72. The molecule has 0 bridgehead atoms. The summed E-state index contributed by atoms with van der Waals surface area (Å²) in [7, 11) is 0. The molecule has 0 radical (unpaired) electrons. The molecule has 0 saturated carbocycles. The Hall–Kier alpha value is -1.94. The molecule has 5 heteroatoms. The lowest BCUT2D eigenvalue weighted by Gasteiger charge is -2.08. The van der Waals surface area contributed by atoms with Crippen LogP contribution in [-0.2, 0) is 0 Å². The van der Waals surface area contributed by atoms with Crippen LogP contribution in [0.5, 0.6) is 0 Å². The Balaban J connectivity index is 2.24. The molecule has 1 aromatic carbocycles. The van der Waals surface area contributed by atoms with E-state index in [1.54, 1.807) is 12.1 Å². The number of rotatable bonds is 2. The molecule has 3 N–H and O–H groups in total. The third-order valence-corrected chi connectivity index (χ3v) is 2.67. The number of nitrogen functional groups attached to an aromatic ring is 1. The highest BCUT2D eigenvalue weighted by Gasteiger charge is 2.13. The fourth-order valence-electron chi connectivity index (χ4n) is 1.42. The van der Waals surface area contributed by atoms with Crippen molar-refractivity contribution < 1.29 is 9.21 Å². The SMILES string of the molecule is Cc1ccc(N)cc1NC(=O)c1ccoc1Cl. The molecule has 0 atom stereocenters. The van der Waals surface area contributed by atoms with Crippen molar-refractivity contribution in [2.24, 2.45) is 0 Å². The summed E-state index contributed by atoms with van der Waals surface area (Å²) < 4.78 is 4.86. The van der Waals surface area contributed by atoms with E-state index in [0.29, 0.717) is 16.9 Å². The van der Waals surface area contributed by atoms with Crippen molar-refractivity contribution in [3.05, 3.63) is 46.9 Å². The average Bonchev–Trinajstić information content (AvgIpc) is 2.70. The van der Waals surface area contributed by atoms with Gasteiger partial charge in [-0.1, -0.05) is 6.07 Å². The van der Waals surface area contributed by atoms with E-state index < -0.39 is 0 Å². The Morgan fingerprint density at radius 1 is 1.41 bits per heavy atom. The van der Waals surface area contributed by atoms with Gasteiger partial charge in [0, 0.05) is 11.4 Å². The molecule has 88 valence electrons. The van der Waals surface area contributed by atoms with Gasteiger partial charge in [0.25, 0.3) is 5.91 Å². The third kappa shape index (κ3) is 2.42. The zero-order chi connectivity index (χ0) is 12.4. The second-order valence-corrected chi connectivity index (χ2v) is 3.98. The first-order valence-electron chi connectivity index (χ1n) is 4.98. The maximum absolute atomic E-state index is 11.9. The van der Waals surface area contributed by atoms with Crippen LogP contribution in [0.25, 0.3) is 0 Å². The molecule has 2 rings (SSSR count). The lowest BCUT2D eigenvalue weighted by molar-refractivity contribution is 0.102. The second-order valence-electron chi connectivity index (χ2n) is 3.64. The maximum Gasteiger partial charge on any atom is 0.260 e. The van der Waals surface area contributed by atoms with Crippen LogP contribution in [0.15, 0.2) is 34.9 Å². The number of nitrogens with one attached hydrogen (secondary N) is 1. The van der Waals surface area contributed by atoms with Crippen LogP contribution in [0.3, 0.4) is 0 Å². The van der Waals surface area contributed by atoms with Crippen molar-refractivity contribution in [1.29, 1.82) is 0 Å². The first-order chi connectivity index (χ1) is 8.08. The number of halogens is 1.